The standard InChI is InChI=1S/C15H19NO/c1-2-9-16-15(11-17)14-8-7-12-5-3-4-6-13(12)10-14/h3-8,10,15-17H,2,9,11H2,1H3. The second-order valence-corrected chi connectivity index (χ2v) is 4.30. The summed E-state index contributed by atoms with van der Waals surface area (Å²) in [6, 6.07) is 14.7. The molecule has 0 aromatic heterocycles. The summed E-state index contributed by atoms with van der Waals surface area (Å²) in [6.45, 7) is 3.19. The van der Waals surface area contributed by atoms with Gasteiger partial charge in [-0.25, -0.2) is 0 Å². The number of rotatable bonds is 5. The largest absolute Gasteiger partial charge is 0.394 e. The molecule has 0 fully saturated rings. The van der Waals surface area contributed by atoms with Crippen molar-refractivity contribution in [3.05, 3.63) is 48.0 Å². The first kappa shape index (κ1) is 12.1. The fraction of sp³-hybridized carbons (Fsp3) is 0.333. The summed E-state index contributed by atoms with van der Waals surface area (Å²) in [7, 11) is 0. The zero-order valence-electron chi connectivity index (χ0n) is 10.2. The van der Waals surface area contributed by atoms with Crippen LogP contribution in [0.1, 0.15) is 24.9 Å². The highest BCUT2D eigenvalue weighted by Gasteiger charge is 2.09. The molecule has 0 aliphatic rings. The Labute approximate surface area is 102 Å². The SMILES string of the molecule is CCCNC(CO)c1ccc2ccccc2c1. The molecular weight excluding hydrogens is 210 g/mol. The molecule has 1 atom stereocenters. The molecule has 0 bridgehead atoms. The average molecular weight is 229 g/mol. The van der Waals surface area contributed by atoms with Gasteiger partial charge in [-0.3, -0.25) is 0 Å². The number of nitrogens with one attached hydrogen (secondary N) is 1. The highest BCUT2D eigenvalue weighted by molar-refractivity contribution is 5.83. The van der Waals surface area contributed by atoms with Gasteiger partial charge in [0.2, 0.25) is 0 Å². The van der Waals surface area contributed by atoms with Crippen molar-refractivity contribution in [2.45, 2.75) is 19.4 Å². The Bertz CT molecular complexity index is 481. The predicted octanol–water partition coefficient (Wildman–Crippen LogP) is 2.87. The van der Waals surface area contributed by atoms with E-state index in [1.807, 2.05) is 12.1 Å². The minimum absolute atomic E-state index is 0.0413. The summed E-state index contributed by atoms with van der Waals surface area (Å²) in [5.41, 5.74) is 1.15. The van der Waals surface area contributed by atoms with Gasteiger partial charge in [0, 0.05) is 0 Å². The molecule has 0 aliphatic carbocycles. The van der Waals surface area contributed by atoms with E-state index in [0.717, 1.165) is 18.5 Å². The quantitative estimate of drug-likeness (QED) is 0.826. The molecule has 1 unspecified atom stereocenters. The van der Waals surface area contributed by atoms with Crippen molar-refractivity contribution in [1.29, 1.82) is 0 Å². The summed E-state index contributed by atoms with van der Waals surface area (Å²) in [5.74, 6) is 0. The van der Waals surface area contributed by atoms with Gasteiger partial charge in [-0.1, -0.05) is 43.3 Å². The monoisotopic (exact) mass is 229 g/mol. The van der Waals surface area contributed by atoms with Crippen LogP contribution in [-0.4, -0.2) is 18.3 Å². The molecule has 2 heteroatoms. The second-order valence-electron chi connectivity index (χ2n) is 4.30. The third-order valence-electron chi connectivity index (χ3n) is 3.00. The fourth-order valence-electron chi connectivity index (χ4n) is 2.03. The van der Waals surface area contributed by atoms with Gasteiger partial charge < -0.3 is 10.4 Å². The van der Waals surface area contributed by atoms with E-state index in [4.69, 9.17) is 0 Å². The number of hydrogen-bond acceptors (Lipinski definition) is 2. The van der Waals surface area contributed by atoms with Crippen LogP contribution in [0.4, 0.5) is 0 Å². The van der Waals surface area contributed by atoms with E-state index in [-0.39, 0.29) is 12.6 Å². The van der Waals surface area contributed by atoms with E-state index in [9.17, 15) is 5.11 Å². The highest BCUT2D eigenvalue weighted by Crippen LogP contribution is 2.20. The molecule has 2 aromatic carbocycles. The van der Waals surface area contributed by atoms with Crippen LogP contribution in [0.15, 0.2) is 42.5 Å². The minimum Gasteiger partial charge on any atom is -0.394 e. The summed E-state index contributed by atoms with van der Waals surface area (Å²) in [6.07, 6.45) is 1.07. The van der Waals surface area contributed by atoms with Crippen LogP contribution in [0.3, 0.4) is 0 Å². The Kier molecular flexibility index (Phi) is 4.13. The van der Waals surface area contributed by atoms with Crippen molar-refractivity contribution in [2.75, 3.05) is 13.2 Å². The van der Waals surface area contributed by atoms with Gasteiger partial charge in [-0.05, 0) is 35.4 Å². The van der Waals surface area contributed by atoms with Gasteiger partial charge in [0.15, 0.2) is 0 Å². The molecule has 2 nitrogen and oxygen atoms in total. The fourth-order valence-corrected chi connectivity index (χ4v) is 2.03. The maximum atomic E-state index is 9.42. The van der Waals surface area contributed by atoms with Gasteiger partial charge in [-0.15, -0.1) is 0 Å². The lowest BCUT2D eigenvalue weighted by molar-refractivity contribution is 0.245. The van der Waals surface area contributed by atoms with E-state index >= 15 is 0 Å². The molecule has 17 heavy (non-hydrogen) atoms. The minimum atomic E-state index is 0.0413. The van der Waals surface area contributed by atoms with Crippen LogP contribution in [-0.2, 0) is 0 Å². The van der Waals surface area contributed by atoms with E-state index in [1.165, 1.54) is 10.8 Å². The van der Waals surface area contributed by atoms with Gasteiger partial charge >= 0.3 is 0 Å². The Balaban J connectivity index is 2.27. The summed E-state index contributed by atoms with van der Waals surface area (Å²) in [4.78, 5) is 0. The Morgan fingerprint density at radius 3 is 2.59 bits per heavy atom. The van der Waals surface area contributed by atoms with E-state index in [2.05, 4.69) is 42.6 Å². The summed E-state index contributed by atoms with van der Waals surface area (Å²) in [5, 5.41) is 15.2. The lowest BCUT2D eigenvalue weighted by Gasteiger charge is -2.16. The number of fused-ring (bicyclic) bond motifs is 1. The third kappa shape index (κ3) is 2.84. The van der Waals surface area contributed by atoms with Crippen molar-refractivity contribution in [3.8, 4) is 0 Å². The van der Waals surface area contributed by atoms with Crippen molar-refractivity contribution in [2.24, 2.45) is 0 Å². The molecule has 0 heterocycles. The van der Waals surface area contributed by atoms with E-state index in [0.29, 0.717) is 0 Å². The number of benzene rings is 2. The predicted molar refractivity (Wildman–Crippen MR) is 72.1 cm³/mol. The lowest BCUT2D eigenvalue weighted by atomic mass is 10.0. The number of hydrogen-bond donors (Lipinski definition) is 2. The van der Waals surface area contributed by atoms with Gasteiger partial charge in [0.25, 0.3) is 0 Å². The van der Waals surface area contributed by atoms with Crippen LogP contribution < -0.4 is 5.32 Å². The molecule has 0 radical (unpaired) electrons. The second kappa shape index (κ2) is 5.80. The molecule has 0 saturated heterocycles. The summed E-state index contributed by atoms with van der Waals surface area (Å²) >= 11 is 0. The molecule has 0 amide bonds. The van der Waals surface area contributed by atoms with Crippen LogP contribution in [0.25, 0.3) is 10.8 Å². The molecule has 0 saturated carbocycles. The molecular formula is C15H19NO. The first-order chi connectivity index (χ1) is 8.35. The van der Waals surface area contributed by atoms with Crippen molar-refractivity contribution in [3.63, 3.8) is 0 Å². The number of aliphatic hydroxyl groups is 1. The van der Waals surface area contributed by atoms with Crippen LogP contribution in [0, 0.1) is 0 Å². The number of aliphatic hydroxyl groups excluding tert-OH is 1. The van der Waals surface area contributed by atoms with Crippen molar-refractivity contribution >= 4 is 10.8 Å². The molecule has 2 N–H and O–H groups in total. The van der Waals surface area contributed by atoms with Crippen molar-refractivity contribution in [1.82, 2.24) is 5.32 Å². The first-order valence-corrected chi connectivity index (χ1v) is 6.18. The zero-order valence-corrected chi connectivity index (χ0v) is 10.2. The topological polar surface area (TPSA) is 32.3 Å². The van der Waals surface area contributed by atoms with E-state index < -0.39 is 0 Å². The first-order valence-electron chi connectivity index (χ1n) is 6.18. The van der Waals surface area contributed by atoms with Gasteiger partial charge in [0.1, 0.15) is 0 Å². The van der Waals surface area contributed by atoms with E-state index in [1.54, 1.807) is 0 Å². The maximum absolute atomic E-state index is 9.42. The van der Waals surface area contributed by atoms with Crippen LogP contribution in [0.5, 0.6) is 0 Å². The zero-order chi connectivity index (χ0) is 12.1. The molecule has 90 valence electrons. The molecule has 0 aliphatic heterocycles. The Morgan fingerprint density at radius 1 is 1.12 bits per heavy atom. The summed E-state index contributed by atoms with van der Waals surface area (Å²) < 4.78 is 0. The van der Waals surface area contributed by atoms with Crippen LogP contribution in [0.2, 0.25) is 0 Å². The lowest BCUT2D eigenvalue weighted by Crippen LogP contribution is -2.24. The third-order valence-corrected chi connectivity index (χ3v) is 3.00. The maximum Gasteiger partial charge on any atom is 0.0626 e. The van der Waals surface area contributed by atoms with Crippen molar-refractivity contribution < 1.29 is 5.11 Å². The van der Waals surface area contributed by atoms with Gasteiger partial charge in [0.05, 0.1) is 12.6 Å². The van der Waals surface area contributed by atoms with Crippen LogP contribution >= 0.6 is 0 Å². The average Bonchev–Trinajstić information content (AvgIpc) is 2.39. The smallest absolute Gasteiger partial charge is 0.0626 e. The normalized spacial score (nSPS) is 12.8. The molecule has 2 rings (SSSR count). The molecule has 2 aromatic rings. The molecule has 0 spiro atoms. The Hall–Kier alpha value is -1.38. The highest BCUT2D eigenvalue weighted by atomic mass is 16.3. The van der Waals surface area contributed by atoms with Gasteiger partial charge in [-0.2, -0.15) is 0 Å². The Morgan fingerprint density at radius 2 is 1.88 bits per heavy atom.